The lowest BCUT2D eigenvalue weighted by atomic mass is 10.1. The smallest absolute Gasteiger partial charge is 0.117 e. The number of nitrogens with one attached hydrogen (secondary N) is 1. The standard InChI is InChI=1S/C17H24N4.ClH/c1-13(2)21-19-16(12-18-15-10-6-7-11-15)17(20-21)14-8-4-3-5-9-14;/h3-5,8-9,13,15,18H,6-7,10-12H2,1-2H3;1H. The van der Waals surface area contributed by atoms with Crippen LogP contribution in [0.3, 0.4) is 0 Å². The number of halogens is 1. The normalized spacial score (nSPS) is 15.2. The van der Waals surface area contributed by atoms with E-state index in [0.717, 1.165) is 23.5 Å². The number of nitrogens with zero attached hydrogens (tertiary/aromatic N) is 3. The summed E-state index contributed by atoms with van der Waals surface area (Å²) in [5.41, 5.74) is 3.21. The maximum Gasteiger partial charge on any atom is 0.117 e. The number of hydrogen-bond acceptors (Lipinski definition) is 3. The monoisotopic (exact) mass is 320 g/mol. The molecule has 3 rings (SSSR count). The maximum atomic E-state index is 4.69. The Bertz CT molecular complexity index is 574. The first-order chi connectivity index (χ1) is 10.2. The lowest BCUT2D eigenvalue weighted by molar-refractivity contribution is 0.457. The summed E-state index contributed by atoms with van der Waals surface area (Å²) in [5, 5.41) is 13.0. The predicted octanol–water partition coefficient (Wildman–Crippen LogP) is 3.98. The first-order valence-corrected chi connectivity index (χ1v) is 7.98. The van der Waals surface area contributed by atoms with Gasteiger partial charge in [0.1, 0.15) is 11.4 Å². The van der Waals surface area contributed by atoms with Crippen molar-refractivity contribution in [1.29, 1.82) is 0 Å². The van der Waals surface area contributed by atoms with E-state index < -0.39 is 0 Å². The fraction of sp³-hybridized carbons (Fsp3) is 0.529. The lowest BCUT2D eigenvalue weighted by Gasteiger charge is -2.10. The maximum absolute atomic E-state index is 4.69. The summed E-state index contributed by atoms with van der Waals surface area (Å²) in [6, 6.07) is 11.3. The minimum Gasteiger partial charge on any atom is -0.308 e. The van der Waals surface area contributed by atoms with Crippen molar-refractivity contribution in [3.05, 3.63) is 36.0 Å². The molecule has 1 aromatic heterocycles. The van der Waals surface area contributed by atoms with Crippen LogP contribution >= 0.6 is 12.4 Å². The molecular weight excluding hydrogens is 296 g/mol. The van der Waals surface area contributed by atoms with Gasteiger partial charge in [-0.2, -0.15) is 15.0 Å². The van der Waals surface area contributed by atoms with Gasteiger partial charge in [0.2, 0.25) is 0 Å². The zero-order chi connectivity index (χ0) is 14.7. The van der Waals surface area contributed by atoms with E-state index in [4.69, 9.17) is 10.2 Å². The van der Waals surface area contributed by atoms with Crippen LogP contribution in [0.2, 0.25) is 0 Å². The highest BCUT2D eigenvalue weighted by Crippen LogP contribution is 2.23. The van der Waals surface area contributed by atoms with Crippen molar-refractivity contribution in [1.82, 2.24) is 20.3 Å². The molecule has 1 aliphatic carbocycles. The van der Waals surface area contributed by atoms with E-state index in [9.17, 15) is 0 Å². The fourth-order valence-corrected chi connectivity index (χ4v) is 2.89. The molecule has 0 spiro atoms. The second-order valence-electron chi connectivity index (χ2n) is 6.14. The summed E-state index contributed by atoms with van der Waals surface area (Å²) in [5.74, 6) is 0. The van der Waals surface area contributed by atoms with Crippen LogP contribution in [0, 0.1) is 0 Å². The summed E-state index contributed by atoms with van der Waals surface area (Å²) in [6.45, 7) is 5.04. The van der Waals surface area contributed by atoms with Gasteiger partial charge in [-0.3, -0.25) is 0 Å². The van der Waals surface area contributed by atoms with Crippen molar-refractivity contribution in [2.75, 3.05) is 0 Å². The first-order valence-electron chi connectivity index (χ1n) is 7.98. The fourth-order valence-electron chi connectivity index (χ4n) is 2.89. The summed E-state index contributed by atoms with van der Waals surface area (Å²) >= 11 is 0. The Morgan fingerprint density at radius 3 is 2.45 bits per heavy atom. The molecule has 0 atom stereocenters. The van der Waals surface area contributed by atoms with Crippen molar-refractivity contribution in [2.24, 2.45) is 0 Å². The Hall–Kier alpha value is -1.39. The summed E-state index contributed by atoms with van der Waals surface area (Å²) in [4.78, 5) is 1.83. The highest BCUT2D eigenvalue weighted by Gasteiger charge is 2.18. The zero-order valence-electron chi connectivity index (χ0n) is 13.3. The van der Waals surface area contributed by atoms with Crippen LogP contribution in [0.25, 0.3) is 11.3 Å². The summed E-state index contributed by atoms with van der Waals surface area (Å²) in [6.07, 6.45) is 5.28. The third-order valence-corrected chi connectivity index (χ3v) is 4.12. The number of aromatic nitrogens is 3. The molecule has 0 saturated heterocycles. The topological polar surface area (TPSA) is 42.7 Å². The van der Waals surface area contributed by atoms with E-state index in [1.54, 1.807) is 0 Å². The van der Waals surface area contributed by atoms with Crippen molar-refractivity contribution < 1.29 is 0 Å². The van der Waals surface area contributed by atoms with E-state index in [1.807, 2.05) is 10.9 Å². The predicted molar refractivity (Wildman–Crippen MR) is 92.2 cm³/mol. The van der Waals surface area contributed by atoms with Gasteiger partial charge in [0.25, 0.3) is 0 Å². The Kier molecular flexibility index (Phi) is 5.98. The average Bonchev–Trinajstić information content (AvgIpc) is 3.15. The van der Waals surface area contributed by atoms with Gasteiger partial charge in [-0.15, -0.1) is 12.4 Å². The van der Waals surface area contributed by atoms with Crippen LogP contribution < -0.4 is 5.32 Å². The Balaban J connectivity index is 0.00000176. The van der Waals surface area contributed by atoms with Crippen LogP contribution in [-0.2, 0) is 6.54 Å². The molecule has 2 aromatic rings. The molecule has 1 saturated carbocycles. The van der Waals surface area contributed by atoms with Gasteiger partial charge in [0.15, 0.2) is 0 Å². The lowest BCUT2D eigenvalue weighted by Crippen LogP contribution is -2.25. The zero-order valence-corrected chi connectivity index (χ0v) is 14.1. The molecule has 1 N–H and O–H groups in total. The van der Waals surface area contributed by atoms with Gasteiger partial charge >= 0.3 is 0 Å². The molecule has 0 radical (unpaired) electrons. The van der Waals surface area contributed by atoms with Gasteiger partial charge in [-0.05, 0) is 26.7 Å². The molecule has 1 heterocycles. The minimum absolute atomic E-state index is 0. The van der Waals surface area contributed by atoms with Crippen molar-refractivity contribution >= 4 is 12.4 Å². The molecule has 1 aromatic carbocycles. The molecule has 22 heavy (non-hydrogen) atoms. The van der Waals surface area contributed by atoms with Gasteiger partial charge in [0, 0.05) is 18.2 Å². The van der Waals surface area contributed by atoms with Gasteiger partial charge in [0.05, 0.1) is 6.04 Å². The van der Waals surface area contributed by atoms with E-state index in [-0.39, 0.29) is 18.4 Å². The van der Waals surface area contributed by atoms with E-state index in [1.165, 1.54) is 25.7 Å². The molecule has 4 nitrogen and oxygen atoms in total. The van der Waals surface area contributed by atoms with Crippen molar-refractivity contribution in [3.8, 4) is 11.3 Å². The molecule has 0 amide bonds. The summed E-state index contributed by atoms with van der Waals surface area (Å²) in [7, 11) is 0. The Morgan fingerprint density at radius 2 is 1.82 bits per heavy atom. The highest BCUT2D eigenvalue weighted by molar-refractivity contribution is 5.85. The van der Waals surface area contributed by atoms with Crippen molar-refractivity contribution in [3.63, 3.8) is 0 Å². The molecule has 0 bridgehead atoms. The molecule has 5 heteroatoms. The number of benzene rings is 1. The Labute approximate surface area is 138 Å². The van der Waals surface area contributed by atoms with E-state index in [2.05, 4.69) is 43.4 Å². The number of rotatable bonds is 5. The van der Waals surface area contributed by atoms with Gasteiger partial charge < -0.3 is 5.32 Å². The largest absolute Gasteiger partial charge is 0.308 e. The average molecular weight is 321 g/mol. The number of hydrogen-bond donors (Lipinski definition) is 1. The van der Waals surface area contributed by atoms with Crippen LogP contribution in [0.4, 0.5) is 0 Å². The van der Waals surface area contributed by atoms with Gasteiger partial charge in [-0.1, -0.05) is 43.2 Å². The van der Waals surface area contributed by atoms with Crippen molar-refractivity contribution in [2.45, 2.75) is 58.2 Å². The van der Waals surface area contributed by atoms with Gasteiger partial charge in [-0.25, -0.2) is 0 Å². The second-order valence-corrected chi connectivity index (χ2v) is 6.14. The third-order valence-electron chi connectivity index (χ3n) is 4.12. The molecule has 0 aliphatic heterocycles. The minimum atomic E-state index is 0. The highest BCUT2D eigenvalue weighted by atomic mass is 35.5. The third kappa shape index (κ3) is 3.87. The Morgan fingerprint density at radius 1 is 1.14 bits per heavy atom. The quantitative estimate of drug-likeness (QED) is 0.906. The van der Waals surface area contributed by atoms with Crippen LogP contribution in [0.5, 0.6) is 0 Å². The molecule has 1 aliphatic rings. The van der Waals surface area contributed by atoms with E-state index in [0.29, 0.717) is 6.04 Å². The van der Waals surface area contributed by atoms with Crippen LogP contribution in [-0.4, -0.2) is 21.0 Å². The van der Waals surface area contributed by atoms with E-state index >= 15 is 0 Å². The second kappa shape index (κ2) is 7.75. The molecule has 1 fully saturated rings. The SMILES string of the molecule is CC(C)n1nc(CNC2CCCC2)c(-c2ccccc2)n1.Cl. The van der Waals surface area contributed by atoms with Crippen LogP contribution in [0.15, 0.2) is 30.3 Å². The summed E-state index contributed by atoms with van der Waals surface area (Å²) < 4.78 is 0. The first kappa shape index (κ1) is 17.0. The molecule has 0 unspecified atom stereocenters. The molecular formula is C17H25ClN4. The molecule has 120 valence electrons. The van der Waals surface area contributed by atoms with Crippen LogP contribution in [0.1, 0.15) is 51.3 Å².